The van der Waals surface area contributed by atoms with Crippen LogP contribution in [0.25, 0.3) is 0 Å². The molecule has 7 heteroatoms. The maximum atomic E-state index is 8.89. The number of carbonyl (C=O) groups excluding carboxylic acids is 3. The van der Waals surface area contributed by atoms with Crippen LogP contribution in [-0.4, -0.2) is 17.9 Å². The summed E-state index contributed by atoms with van der Waals surface area (Å²) in [6.07, 6.45) is 4.56. The predicted octanol–water partition coefficient (Wildman–Crippen LogP) is -1.11. The Hall–Kier alpha value is -1.40. The minimum absolute atomic E-state index is 0.323. The number of hydrogen-bond acceptors (Lipinski definition) is 6. The van der Waals surface area contributed by atoms with Crippen molar-refractivity contribution in [3.05, 3.63) is 23.3 Å². The summed E-state index contributed by atoms with van der Waals surface area (Å²) in [7, 11) is 0. The van der Waals surface area contributed by atoms with E-state index in [9.17, 15) is 0 Å². The second-order valence-electron chi connectivity index (χ2n) is 4.39. The van der Waals surface area contributed by atoms with Gasteiger partial charge in [-0.15, -0.1) is 0 Å². The van der Waals surface area contributed by atoms with Crippen LogP contribution in [0.3, 0.4) is 0 Å². The van der Waals surface area contributed by atoms with Gasteiger partial charge in [0, 0.05) is 17.9 Å². The molecule has 1 aliphatic carbocycles. The number of carboxylic acids is 3. The molecule has 0 bridgehead atoms. The number of carboxylic acid groups (broad SMARTS) is 3. The van der Waals surface area contributed by atoms with Gasteiger partial charge >= 0.3 is 68.2 Å². The van der Waals surface area contributed by atoms with Gasteiger partial charge in [-0.25, -0.2) is 0 Å². The summed E-state index contributed by atoms with van der Waals surface area (Å²) in [5, 5.41) is 26.7. The van der Waals surface area contributed by atoms with E-state index < -0.39 is 17.9 Å². The molecule has 1 unspecified atom stereocenters. The zero-order valence-electron chi connectivity index (χ0n) is 13.1. The van der Waals surface area contributed by atoms with Crippen molar-refractivity contribution in [3.63, 3.8) is 0 Å². The third-order valence-electron chi connectivity index (χ3n) is 1.78. The second-order valence-corrected chi connectivity index (χ2v) is 6.01. The van der Waals surface area contributed by atoms with Gasteiger partial charge in [-0.05, 0) is 20.8 Å². The molecule has 0 aromatic heterocycles. The van der Waals surface area contributed by atoms with Crippen molar-refractivity contribution in [2.45, 2.75) is 45.3 Å². The van der Waals surface area contributed by atoms with Gasteiger partial charge in [0.2, 0.25) is 0 Å². The van der Waals surface area contributed by atoms with Gasteiger partial charge in [0.1, 0.15) is 0 Å². The summed E-state index contributed by atoms with van der Waals surface area (Å²) in [5.74, 6) is -3.25. The molecule has 0 saturated carbocycles. The average molecular weight is 332 g/mol. The monoisotopic (exact) mass is 332 g/mol. The van der Waals surface area contributed by atoms with Crippen LogP contribution in [0.2, 0.25) is 3.72 Å². The van der Waals surface area contributed by atoms with E-state index in [0.717, 1.165) is 20.8 Å². The molecule has 116 valence electrons. The average Bonchev–Trinajstić information content (AvgIpc) is 2.34. The first kappa shape index (κ1) is 24.6. The van der Waals surface area contributed by atoms with Gasteiger partial charge < -0.3 is 29.7 Å². The van der Waals surface area contributed by atoms with Crippen molar-refractivity contribution < 1.29 is 50.1 Å². The number of carbonyl (C=O) groups is 3. The van der Waals surface area contributed by atoms with Crippen LogP contribution in [0.4, 0.5) is 0 Å². The number of allylic oxidation sites excluding steroid dienone is 4. The zero-order valence-corrected chi connectivity index (χ0v) is 14.7. The van der Waals surface area contributed by atoms with Crippen LogP contribution in [0, 0.1) is 0 Å². The van der Waals surface area contributed by atoms with Gasteiger partial charge in [-0.1, -0.05) is 0 Å². The fraction of sp³-hybridized carbons (Fsp3) is 0.500. The van der Waals surface area contributed by atoms with Crippen LogP contribution >= 0.6 is 0 Å². The Balaban J connectivity index is -0.000000230. The normalized spacial score (nSPS) is 18.3. The Labute approximate surface area is 137 Å². The van der Waals surface area contributed by atoms with Gasteiger partial charge in [0.25, 0.3) is 0 Å². The molecule has 0 heterocycles. The molecular formula is C14H20O6Ti. The molecule has 1 rings (SSSR count). The number of hydrogen-bond donors (Lipinski definition) is 0. The standard InChI is InChI=1S/C8H11.3C2H4O2.Ti/c1-6-4-7(2)8(3)5-6;3*1-2(3)4;/h4-5H,1-3H3;3*1H3,(H,3,4);/q;;;;+3/p-3. The van der Waals surface area contributed by atoms with Crippen LogP contribution in [0.15, 0.2) is 23.3 Å². The fourth-order valence-corrected chi connectivity index (χ4v) is 1.57. The summed E-state index contributed by atoms with van der Waals surface area (Å²) >= 11 is 2.25. The molecule has 0 saturated heterocycles. The van der Waals surface area contributed by atoms with Crippen molar-refractivity contribution in [1.82, 2.24) is 0 Å². The van der Waals surface area contributed by atoms with E-state index >= 15 is 0 Å². The molecule has 0 fully saturated rings. The van der Waals surface area contributed by atoms with E-state index in [1.54, 1.807) is 0 Å². The second kappa shape index (κ2) is 12.4. The predicted molar refractivity (Wildman–Crippen MR) is 67.9 cm³/mol. The van der Waals surface area contributed by atoms with Gasteiger partial charge in [-0.3, -0.25) is 0 Å². The summed E-state index contributed by atoms with van der Waals surface area (Å²) in [6, 6.07) is 0. The van der Waals surface area contributed by atoms with Gasteiger partial charge in [0.15, 0.2) is 0 Å². The zero-order chi connectivity index (χ0) is 17.8. The Morgan fingerprint density at radius 3 is 1.24 bits per heavy atom. The Kier molecular flexibility index (Phi) is 14.5. The van der Waals surface area contributed by atoms with E-state index in [2.05, 4.69) is 53.4 Å². The third kappa shape index (κ3) is 27.7. The van der Waals surface area contributed by atoms with Crippen LogP contribution in [-0.2, 0) is 34.8 Å². The van der Waals surface area contributed by atoms with E-state index in [4.69, 9.17) is 29.7 Å². The van der Waals surface area contributed by atoms with Crippen LogP contribution in [0.5, 0.6) is 0 Å². The SMILES string of the molecule is CC(=O)[O-].CC(=O)[O-].CC(=O)[O-].CC1=C[C](C)([Ti+3])C(C)=C1. The van der Waals surface area contributed by atoms with E-state index in [1.165, 1.54) is 11.1 Å². The molecule has 0 radical (unpaired) electrons. The number of rotatable bonds is 0. The van der Waals surface area contributed by atoms with Crippen molar-refractivity contribution in [2.24, 2.45) is 0 Å². The molecule has 1 atom stereocenters. The van der Waals surface area contributed by atoms with Crippen molar-refractivity contribution >= 4 is 17.9 Å². The molecule has 0 N–H and O–H groups in total. The summed E-state index contributed by atoms with van der Waals surface area (Å²) in [5.41, 5.74) is 2.87. The molecule has 0 aliphatic heterocycles. The molecule has 0 aromatic rings. The van der Waals surface area contributed by atoms with Crippen molar-refractivity contribution in [3.8, 4) is 0 Å². The van der Waals surface area contributed by atoms with Gasteiger partial charge in [0.05, 0.1) is 0 Å². The van der Waals surface area contributed by atoms with Crippen LogP contribution < -0.4 is 15.3 Å². The molecule has 0 spiro atoms. The third-order valence-corrected chi connectivity index (χ3v) is 2.62. The Morgan fingerprint density at radius 2 is 1.19 bits per heavy atom. The van der Waals surface area contributed by atoms with E-state index in [-0.39, 0.29) is 0 Å². The maximum absolute atomic E-state index is 8.89. The van der Waals surface area contributed by atoms with Crippen molar-refractivity contribution in [1.29, 1.82) is 0 Å². The molecule has 21 heavy (non-hydrogen) atoms. The van der Waals surface area contributed by atoms with Crippen LogP contribution in [0.1, 0.15) is 41.5 Å². The van der Waals surface area contributed by atoms with Crippen molar-refractivity contribution in [2.75, 3.05) is 0 Å². The molecule has 6 nitrogen and oxygen atoms in total. The Morgan fingerprint density at radius 1 is 0.952 bits per heavy atom. The number of aliphatic carboxylic acids is 3. The fourth-order valence-electron chi connectivity index (χ4n) is 1.10. The molecule has 1 aliphatic rings. The minimum atomic E-state index is -1.08. The first-order valence-corrected chi connectivity index (χ1v) is 6.66. The molecule has 0 aromatic carbocycles. The summed E-state index contributed by atoms with van der Waals surface area (Å²) in [6.45, 7) is 9.50. The van der Waals surface area contributed by atoms with E-state index in [0.29, 0.717) is 3.72 Å². The first-order chi connectivity index (χ1) is 9.22. The topological polar surface area (TPSA) is 120 Å². The quantitative estimate of drug-likeness (QED) is 0.519. The van der Waals surface area contributed by atoms with E-state index in [1.807, 2.05) is 0 Å². The van der Waals surface area contributed by atoms with Gasteiger partial charge in [-0.2, -0.15) is 0 Å². The molecular weight excluding hydrogens is 312 g/mol. The summed E-state index contributed by atoms with van der Waals surface area (Å²) in [4.78, 5) is 26.7. The molecule has 0 amide bonds. The Bertz CT molecular complexity index is 381. The summed E-state index contributed by atoms with van der Waals surface area (Å²) < 4.78 is 0.323. The first-order valence-electron chi connectivity index (χ1n) is 5.88.